The zero-order valence-electron chi connectivity index (χ0n) is 7.86. The minimum absolute atomic E-state index is 0.271. The van der Waals surface area contributed by atoms with Crippen molar-refractivity contribution in [1.82, 2.24) is 4.90 Å². The van der Waals surface area contributed by atoms with Gasteiger partial charge in [0, 0.05) is 6.54 Å². The molecule has 13 heavy (non-hydrogen) atoms. The summed E-state index contributed by atoms with van der Waals surface area (Å²) >= 11 is 0. The third-order valence-corrected chi connectivity index (χ3v) is 2.21. The van der Waals surface area contributed by atoms with Crippen molar-refractivity contribution < 1.29 is 14.3 Å². The molecule has 0 aromatic heterocycles. The highest BCUT2D eigenvalue weighted by atomic mass is 16.6. The first-order valence-electron chi connectivity index (χ1n) is 4.68. The molecule has 1 aliphatic heterocycles. The van der Waals surface area contributed by atoms with E-state index < -0.39 is 0 Å². The predicted molar refractivity (Wildman–Crippen MR) is 47.4 cm³/mol. The lowest BCUT2D eigenvalue weighted by Gasteiger charge is -2.31. The molecule has 1 heterocycles. The van der Waals surface area contributed by atoms with E-state index in [9.17, 15) is 9.59 Å². The van der Waals surface area contributed by atoms with Gasteiger partial charge in [-0.1, -0.05) is 0 Å². The van der Waals surface area contributed by atoms with Gasteiger partial charge in [-0.3, -0.25) is 4.90 Å². The Morgan fingerprint density at radius 3 is 3.00 bits per heavy atom. The summed E-state index contributed by atoms with van der Waals surface area (Å²) in [6, 6.07) is -0.271. The molecule has 1 amide bonds. The van der Waals surface area contributed by atoms with Gasteiger partial charge in [-0.2, -0.15) is 0 Å². The van der Waals surface area contributed by atoms with E-state index in [0.717, 1.165) is 25.5 Å². The number of likely N-dealkylation sites (tertiary alicyclic amines) is 1. The summed E-state index contributed by atoms with van der Waals surface area (Å²) in [4.78, 5) is 23.5. The Bertz CT molecular complexity index is 193. The summed E-state index contributed by atoms with van der Waals surface area (Å²) in [5.74, 6) is 0. The topological polar surface area (TPSA) is 46.6 Å². The lowest BCUT2D eigenvalue weighted by molar-refractivity contribution is -0.113. The second-order valence-corrected chi connectivity index (χ2v) is 3.09. The van der Waals surface area contributed by atoms with Crippen molar-refractivity contribution in [2.45, 2.75) is 32.2 Å². The summed E-state index contributed by atoms with van der Waals surface area (Å²) < 4.78 is 4.84. The predicted octanol–water partition coefficient (Wildman–Crippen LogP) is 1.20. The first-order valence-corrected chi connectivity index (χ1v) is 4.68. The fourth-order valence-corrected chi connectivity index (χ4v) is 1.53. The molecule has 4 nitrogen and oxygen atoms in total. The molecule has 1 atom stereocenters. The van der Waals surface area contributed by atoms with Gasteiger partial charge in [0.2, 0.25) is 0 Å². The van der Waals surface area contributed by atoms with Crippen LogP contribution in [0, 0.1) is 0 Å². The van der Waals surface area contributed by atoms with Crippen molar-refractivity contribution in [1.29, 1.82) is 0 Å². The molecule has 1 saturated heterocycles. The monoisotopic (exact) mass is 185 g/mol. The molecule has 74 valence electrons. The van der Waals surface area contributed by atoms with Crippen LogP contribution in [0.2, 0.25) is 0 Å². The Kier molecular flexibility index (Phi) is 3.73. The number of hydrogen-bond acceptors (Lipinski definition) is 3. The molecule has 0 unspecified atom stereocenters. The van der Waals surface area contributed by atoms with E-state index in [1.165, 1.54) is 4.90 Å². The van der Waals surface area contributed by atoms with Crippen LogP contribution in [0.3, 0.4) is 0 Å². The molecule has 0 aromatic rings. The van der Waals surface area contributed by atoms with Gasteiger partial charge in [0.05, 0.1) is 12.6 Å². The van der Waals surface area contributed by atoms with Crippen molar-refractivity contribution in [2.75, 3.05) is 13.2 Å². The van der Waals surface area contributed by atoms with Crippen LogP contribution in [0.5, 0.6) is 0 Å². The first kappa shape index (κ1) is 10.0. The van der Waals surface area contributed by atoms with E-state index in [4.69, 9.17) is 4.74 Å². The molecular weight excluding hydrogens is 170 g/mol. The van der Waals surface area contributed by atoms with Crippen molar-refractivity contribution >= 4 is 12.4 Å². The Morgan fingerprint density at radius 2 is 2.38 bits per heavy atom. The molecule has 0 spiro atoms. The highest BCUT2D eigenvalue weighted by Crippen LogP contribution is 2.16. The molecule has 0 aromatic carbocycles. The quantitative estimate of drug-likeness (QED) is 0.607. The first-order chi connectivity index (χ1) is 6.29. The van der Waals surface area contributed by atoms with Gasteiger partial charge < -0.3 is 9.53 Å². The van der Waals surface area contributed by atoms with E-state index >= 15 is 0 Å². The molecule has 0 aliphatic carbocycles. The number of rotatable bonds is 2. The van der Waals surface area contributed by atoms with Gasteiger partial charge in [-0.15, -0.1) is 0 Å². The van der Waals surface area contributed by atoms with Crippen LogP contribution >= 0.6 is 0 Å². The number of amides is 1. The van der Waals surface area contributed by atoms with E-state index in [0.29, 0.717) is 13.2 Å². The summed E-state index contributed by atoms with van der Waals surface area (Å²) in [5.41, 5.74) is 0. The normalized spacial score (nSPS) is 22.5. The summed E-state index contributed by atoms with van der Waals surface area (Å²) in [6.07, 6.45) is 3.21. The highest BCUT2D eigenvalue weighted by molar-refractivity contribution is 5.73. The minimum atomic E-state index is -0.362. The van der Waals surface area contributed by atoms with Crippen LogP contribution in [-0.2, 0) is 9.53 Å². The number of hydrogen-bond donors (Lipinski definition) is 0. The fraction of sp³-hybridized carbons (Fsp3) is 0.778. The van der Waals surface area contributed by atoms with Crippen molar-refractivity contribution in [2.24, 2.45) is 0 Å². The standard InChI is InChI=1S/C9H15NO3/c1-2-13-9(12)10-6-4-3-5-8(10)7-11/h7-8H,2-6H2,1H3/t8-/m0/s1. The Labute approximate surface area is 77.8 Å². The number of ether oxygens (including phenoxy) is 1. The number of carbonyl (C=O) groups is 2. The molecule has 1 aliphatic rings. The number of aldehydes is 1. The summed E-state index contributed by atoms with van der Waals surface area (Å²) in [6.45, 7) is 2.76. The molecular formula is C9H15NO3. The molecule has 1 fully saturated rings. The Morgan fingerprint density at radius 1 is 1.62 bits per heavy atom. The zero-order chi connectivity index (χ0) is 9.68. The van der Waals surface area contributed by atoms with Gasteiger partial charge in [-0.05, 0) is 26.2 Å². The third kappa shape index (κ3) is 2.44. The molecule has 1 rings (SSSR count). The number of carbonyl (C=O) groups excluding carboxylic acids is 2. The van der Waals surface area contributed by atoms with Crippen LogP contribution in [0.4, 0.5) is 4.79 Å². The SMILES string of the molecule is CCOC(=O)N1CCCC[C@H]1C=O. The molecule has 4 heteroatoms. The fourth-order valence-electron chi connectivity index (χ4n) is 1.53. The zero-order valence-corrected chi connectivity index (χ0v) is 7.86. The maximum atomic E-state index is 11.3. The Hall–Kier alpha value is -1.06. The Balaban J connectivity index is 2.53. The van der Waals surface area contributed by atoms with Crippen LogP contribution in [0.1, 0.15) is 26.2 Å². The average molecular weight is 185 g/mol. The van der Waals surface area contributed by atoms with Crippen LogP contribution in [0.25, 0.3) is 0 Å². The molecule has 0 radical (unpaired) electrons. The molecule has 0 bridgehead atoms. The summed E-state index contributed by atoms with van der Waals surface area (Å²) in [5, 5.41) is 0. The van der Waals surface area contributed by atoms with E-state index in [1.54, 1.807) is 6.92 Å². The van der Waals surface area contributed by atoms with Crippen molar-refractivity contribution in [3.63, 3.8) is 0 Å². The maximum absolute atomic E-state index is 11.3. The lowest BCUT2D eigenvalue weighted by atomic mass is 10.0. The van der Waals surface area contributed by atoms with Crippen LogP contribution < -0.4 is 0 Å². The van der Waals surface area contributed by atoms with Gasteiger partial charge in [-0.25, -0.2) is 4.79 Å². The highest BCUT2D eigenvalue weighted by Gasteiger charge is 2.26. The van der Waals surface area contributed by atoms with Crippen LogP contribution in [0.15, 0.2) is 0 Å². The average Bonchev–Trinajstić information content (AvgIpc) is 2.18. The molecule has 0 N–H and O–H groups in total. The minimum Gasteiger partial charge on any atom is -0.450 e. The maximum Gasteiger partial charge on any atom is 0.410 e. The van der Waals surface area contributed by atoms with Crippen molar-refractivity contribution in [3.8, 4) is 0 Å². The van der Waals surface area contributed by atoms with Gasteiger partial charge in [0.15, 0.2) is 0 Å². The van der Waals surface area contributed by atoms with Gasteiger partial charge in [0.25, 0.3) is 0 Å². The van der Waals surface area contributed by atoms with Crippen molar-refractivity contribution in [3.05, 3.63) is 0 Å². The van der Waals surface area contributed by atoms with Gasteiger partial charge >= 0.3 is 6.09 Å². The number of piperidine rings is 1. The second kappa shape index (κ2) is 4.84. The van der Waals surface area contributed by atoms with Crippen LogP contribution in [-0.4, -0.2) is 36.5 Å². The third-order valence-electron chi connectivity index (χ3n) is 2.21. The summed E-state index contributed by atoms with van der Waals surface area (Å²) in [7, 11) is 0. The van der Waals surface area contributed by atoms with E-state index in [-0.39, 0.29) is 12.1 Å². The lowest BCUT2D eigenvalue weighted by Crippen LogP contribution is -2.44. The van der Waals surface area contributed by atoms with E-state index in [1.807, 2.05) is 0 Å². The van der Waals surface area contributed by atoms with E-state index in [2.05, 4.69) is 0 Å². The van der Waals surface area contributed by atoms with Gasteiger partial charge in [0.1, 0.15) is 6.29 Å². The molecule has 0 saturated carbocycles. The largest absolute Gasteiger partial charge is 0.450 e. The second-order valence-electron chi connectivity index (χ2n) is 3.09. The smallest absolute Gasteiger partial charge is 0.410 e. The number of nitrogens with zero attached hydrogens (tertiary/aromatic N) is 1.